The summed E-state index contributed by atoms with van der Waals surface area (Å²) in [5.41, 5.74) is 1.27. The zero-order valence-electron chi connectivity index (χ0n) is 13.9. The average Bonchev–Trinajstić information content (AvgIpc) is 2.62. The predicted octanol–water partition coefficient (Wildman–Crippen LogP) is 5.99. The Hall–Kier alpha value is -1.13. The van der Waals surface area contributed by atoms with Gasteiger partial charge in [-0.05, 0) is 19.1 Å². The van der Waals surface area contributed by atoms with E-state index in [-0.39, 0.29) is 18.1 Å². The first kappa shape index (κ1) is 22.9. The molecule has 0 saturated carbocycles. The number of para-hydroxylation sites is 1. The molecule has 0 amide bonds. The second-order valence-corrected chi connectivity index (χ2v) is 15.9. The van der Waals surface area contributed by atoms with Crippen molar-refractivity contribution < 1.29 is 32.8 Å². The van der Waals surface area contributed by atoms with Gasteiger partial charge in [-0.25, -0.2) is 9.79 Å². The van der Waals surface area contributed by atoms with Crippen molar-refractivity contribution in [2.24, 2.45) is 4.99 Å². The first-order chi connectivity index (χ1) is 12.4. The Labute approximate surface area is 171 Å². The molecular formula is C18H17Cl3NO3Zr. The number of nitrogens with zero attached hydrogens (tertiary/aromatic N) is 1. The summed E-state index contributed by atoms with van der Waals surface area (Å²) in [5, 5.41) is 10.2. The summed E-state index contributed by atoms with van der Waals surface area (Å²) in [7, 11) is 15.0. The van der Waals surface area contributed by atoms with E-state index < -0.39 is 24.1 Å². The van der Waals surface area contributed by atoms with Crippen LogP contribution in [0.15, 0.2) is 71.7 Å². The Morgan fingerprint density at radius 2 is 1.58 bits per heavy atom. The third-order valence-electron chi connectivity index (χ3n) is 2.83. The molecule has 0 radical (unpaired) electrons. The molecule has 0 atom stereocenters. The molecule has 26 heavy (non-hydrogen) atoms. The molecule has 0 heterocycles. The molecule has 0 aliphatic carbocycles. The van der Waals surface area contributed by atoms with Crippen LogP contribution in [-0.4, -0.2) is 23.4 Å². The Bertz CT molecular complexity index is 735. The predicted molar refractivity (Wildman–Crippen MR) is 105 cm³/mol. The molecule has 2 aromatic rings. The molecule has 4 nitrogen and oxygen atoms in total. The molecular weight excluding hydrogens is 476 g/mol. The SMILES string of the molecule is CCOC(=O)C(/C=C(\O)c1ccccc1)=Nc1ccccc1.[Cl][Zr]([Cl])[Cl]. The summed E-state index contributed by atoms with van der Waals surface area (Å²) in [6.07, 6.45) is 1.32. The number of esters is 1. The van der Waals surface area contributed by atoms with Gasteiger partial charge in [0, 0.05) is 11.6 Å². The Morgan fingerprint density at radius 3 is 2.08 bits per heavy atom. The molecule has 137 valence electrons. The van der Waals surface area contributed by atoms with E-state index in [0.29, 0.717) is 11.3 Å². The van der Waals surface area contributed by atoms with Crippen molar-refractivity contribution in [3.63, 3.8) is 0 Å². The van der Waals surface area contributed by atoms with Crippen LogP contribution in [0.3, 0.4) is 0 Å². The number of aliphatic imine (C=N–C) groups is 1. The number of rotatable bonds is 5. The maximum absolute atomic E-state index is 12.0. The quantitative estimate of drug-likeness (QED) is 0.317. The summed E-state index contributed by atoms with van der Waals surface area (Å²) in [5.74, 6) is -0.614. The number of hydrogen-bond donors (Lipinski definition) is 1. The number of ether oxygens (including phenoxy) is 1. The molecule has 2 rings (SSSR count). The normalized spacial score (nSPS) is 11.2. The van der Waals surface area contributed by atoms with Gasteiger partial charge in [-0.1, -0.05) is 48.5 Å². The van der Waals surface area contributed by atoms with Gasteiger partial charge >= 0.3 is 49.7 Å². The van der Waals surface area contributed by atoms with E-state index in [9.17, 15) is 9.90 Å². The molecule has 0 saturated heterocycles. The standard InChI is InChI=1S/C18H17NO3.3ClH.Zr/c1-2-22-18(21)16(19-15-11-7-4-8-12-15)13-17(20)14-9-5-3-6-10-14;;;;/h3-13,20H,2H2,1H3;3*1H;/q;;;;+3/p-3/b17-13-,19-16?;;;;. The van der Waals surface area contributed by atoms with E-state index in [4.69, 9.17) is 30.3 Å². The molecule has 8 heteroatoms. The fourth-order valence-corrected chi connectivity index (χ4v) is 1.81. The number of aliphatic hydroxyl groups excluding tert-OH is 1. The van der Waals surface area contributed by atoms with Gasteiger partial charge in [-0.3, -0.25) is 0 Å². The third kappa shape index (κ3) is 9.54. The van der Waals surface area contributed by atoms with Crippen LogP contribution in [-0.2, 0) is 27.7 Å². The number of carbonyl (C=O) groups excluding carboxylic acids is 1. The van der Waals surface area contributed by atoms with Crippen LogP contribution >= 0.6 is 25.5 Å². The first-order valence-corrected chi connectivity index (χ1v) is 17.0. The molecule has 0 aromatic heterocycles. The van der Waals surface area contributed by atoms with Crippen molar-refractivity contribution in [1.29, 1.82) is 0 Å². The summed E-state index contributed by atoms with van der Waals surface area (Å²) in [6.45, 7) is 1.96. The Morgan fingerprint density at radius 1 is 1.08 bits per heavy atom. The van der Waals surface area contributed by atoms with Crippen LogP contribution in [0.2, 0.25) is 0 Å². The van der Waals surface area contributed by atoms with Crippen molar-refractivity contribution in [1.82, 2.24) is 0 Å². The average molecular weight is 493 g/mol. The Balaban J connectivity index is 0.000000765. The van der Waals surface area contributed by atoms with E-state index in [1.807, 2.05) is 24.3 Å². The second-order valence-electron chi connectivity index (χ2n) is 4.66. The minimum atomic E-state index is -2.13. The summed E-state index contributed by atoms with van der Waals surface area (Å²) < 4.78 is 4.99. The van der Waals surface area contributed by atoms with Crippen LogP contribution in [0.4, 0.5) is 5.69 Å². The maximum atomic E-state index is 12.0. The van der Waals surface area contributed by atoms with Gasteiger partial charge in [0.05, 0.1) is 12.3 Å². The first-order valence-electron chi connectivity index (χ1n) is 7.54. The van der Waals surface area contributed by atoms with E-state index >= 15 is 0 Å². The summed E-state index contributed by atoms with van der Waals surface area (Å²) in [4.78, 5) is 16.3. The second kappa shape index (κ2) is 13.1. The van der Waals surface area contributed by atoms with Crippen molar-refractivity contribution in [3.05, 3.63) is 72.3 Å². The zero-order chi connectivity index (χ0) is 19.4. The summed E-state index contributed by atoms with van der Waals surface area (Å²) in [6, 6.07) is 18.0. The zero-order valence-corrected chi connectivity index (χ0v) is 18.6. The van der Waals surface area contributed by atoms with E-state index in [1.165, 1.54) is 6.08 Å². The minimum absolute atomic E-state index is 0.0386. The van der Waals surface area contributed by atoms with E-state index in [0.717, 1.165) is 0 Å². The van der Waals surface area contributed by atoms with Crippen LogP contribution in [0.5, 0.6) is 0 Å². The fourth-order valence-electron chi connectivity index (χ4n) is 1.81. The number of halogens is 3. The molecule has 1 N–H and O–H groups in total. The van der Waals surface area contributed by atoms with E-state index in [2.05, 4.69) is 4.99 Å². The topological polar surface area (TPSA) is 58.9 Å². The summed E-state index contributed by atoms with van der Waals surface area (Å²) >= 11 is -2.13. The number of hydrogen-bond acceptors (Lipinski definition) is 4. The molecule has 0 bridgehead atoms. The van der Waals surface area contributed by atoms with E-state index in [1.54, 1.807) is 43.3 Å². The van der Waals surface area contributed by atoms with Crippen molar-refractivity contribution >= 4 is 48.7 Å². The number of benzene rings is 2. The number of aliphatic hydroxyl groups is 1. The van der Waals surface area contributed by atoms with Crippen LogP contribution < -0.4 is 0 Å². The van der Waals surface area contributed by atoms with Gasteiger partial charge < -0.3 is 9.84 Å². The van der Waals surface area contributed by atoms with Gasteiger partial charge in [0.15, 0.2) is 5.71 Å². The van der Waals surface area contributed by atoms with Crippen LogP contribution in [0, 0.1) is 0 Å². The molecule has 0 fully saturated rings. The molecule has 0 aliphatic rings. The van der Waals surface area contributed by atoms with Crippen molar-refractivity contribution in [3.8, 4) is 0 Å². The molecule has 0 unspecified atom stereocenters. The fraction of sp³-hybridized carbons (Fsp3) is 0.111. The van der Waals surface area contributed by atoms with Gasteiger partial charge in [-0.2, -0.15) is 0 Å². The third-order valence-corrected chi connectivity index (χ3v) is 2.83. The van der Waals surface area contributed by atoms with Crippen molar-refractivity contribution in [2.75, 3.05) is 6.61 Å². The van der Waals surface area contributed by atoms with Gasteiger partial charge in [0.1, 0.15) is 5.76 Å². The van der Waals surface area contributed by atoms with Gasteiger partial charge in [0.25, 0.3) is 0 Å². The molecule has 2 aromatic carbocycles. The van der Waals surface area contributed by atoms with Crippen LogP contribution in [0.1, 0.15) is 12.5 Å². The molecule has 0 spiro atoms. The van der Waals surface area contributed by atoms with Gasteiger partial charge in [-0.15, -0.1) is 0 Å². The Kier molecular flexibility index (Phi) is 11.5. The monoisotopic (exact) mass is 490 g/mol. The van der Waals surface area contributed by atoms with Gasteiger partial charge in [0.2, 0.25) is 0 Å². The van der Waals surface area contributed by atoms with Crippen LogP contribution in [0.25, 0.3) is 5.76 Å². The molecule has 0 aliphatic heterocycles. The number of carbonyl (C=O) groups is 1. The van der Waals surface area contributed by atoms with Crippen molar-refractivity contribution in [2.45, 2.75) is 6.92 Å².